The van der Waals surface area contributed by atoms with Crippen LogP contribution in [0.25, 0.3) is 0 Å². The highest BCUT2D eigenvalue weighted by Crippen LogP contribution is 2.28. The summed E-state index contributed by atoms with van der Waals surface area (Å²) in [7, 11) is -3.58. The van der Waals surface area contributed by atoms with E-state index in [9.17, 15) is 8.42 Å². The summed E-state index contributed by atoms with van der Waals surface area (Å²) < 4.78 is 34.0. The van der Waals surface area contributed by atoms with E-state index in [4.69, 9.17) is 4.74 Å². The molecule has 1 fully saturated rings. The van der Waals surface area contributed by atoms with Gasteiger partial charge in [0.25, 0.3) is 0 Å². The Labute approximate surface area is 149 Å². The molecule has 0 radical (unpaired) electrons. The Kier molecular flexibility index (Phi) is 5.53. The van der Waals surface area contributed by atoms with E-state index in [1.165, 1.54) is 4.31 Å². The quantitative estimate of drug-likeness (QED) is 0.718. The highest BCUT2D eigenvalue weighted by Gasteiger charge is 2.30. The van der Waals surface area contributed by atoms with Gasteiger partial charge in [-0.15, -0.1) is 11.3 Å². The average molecular weight is 416 g/mol. The van der Waals surface area contributed by atoms with Crippen LogP contribution in [0.3, 0.4) is 0 Å². The van der Waals surface area contributed by atoms with E-state index in [1.54, 1.807) is 29.5 Å². The minimum atomic E-state index is -3.58. The lowest BCUT2D eigenvalue weighted by atomic mass is 10.2. The fourth-order valence-electron chi connectivity index (χ4n) is 2.63. The number of sulfonamides is 1. The maximum Gasteiger partial charge on any atom is 0.244 e. The van der Waals surface area contributed by atoms with Crippen LogP contribution in [0.4, 0.5) is 0 Å². The van der Waals surface area contributed by atoms with Gasteiger partial charge in [-0.2, -0.15) is 4.31 Å². The molecule has 0 amide bonds. The van der Waals surface area contributed by atoms with Gasteiger partial charge in [-0.05, 0) is 52.4 Å². The third-order valence-electron chi connectivity index (χ3n) is 3.80. The molecule has 1 aromatic carbocycles. The molecule has 1 atom stereocenters. The van der Waals surface area contributed by atoms with Gasteiger partial charge in [0.05, 0.1) is 11.0 Å². The summed E-state index contributed by atoms with van der Waals surface area (Å²) in [6.07, 6.45) is 1.88. The summed E-state index contributed by atoms with van der Waals surface area (Å²) in [5.41, 5.74) is 0. The summed E-state index contributed by atoms with van der Waals surface area (Å²) in [6.45, 7) is 1.48. The molecule has 0 bridgehead atoms. The van der Waals surface area contributed by atoms with E-state index in [2.05, 4.69) is 15.9 Å². The molecule has 3 rings (SSSR count). The van der Waals surface area contributed by atoms with Crippen molar-refractivity contribution in [3.05, 3.63) is 51.1 Å². The summed E-state index contributed by atoms with van der Waals surface area (Å²) in [6, 6.07) is 10.8. The molecule has 124 valence electrons. The molecule has 2 heterocycles. The van der Waals surface area contributed by atoms with Gasteiger partial charge in [-0.3, -0.25) is 0 Å². The first-order chi connectivity index (χ1) is 11.1. The van der Waals surface area contributed by atoms with Crippen molar-refractivity contribution in [1.29, 1.82) is 0 Å². The molecule has 1 saturated heterocycles. The van der Waals surface area contributed by atoms with Gasteiger partial charge in [0.2, 0.25) is 10.0 Å². The average Bonchev–Trinajstić information content (AvgIpc) is 3.20. The lowest BCUT2D eigenvalue weighted by Crippen LogP contribution is -2.36. The molecule has 2 aromatic rings. The standard InChI is InChI=1S/C16H18BrNO3S2/c17-15-7-1-2-8-16(15)23(19,20)18(11-13-5-3-9-21-13)12-14-6-4-10-22-14/h1-2,4,6-8,10,13H,3,5,9,11-12H2/t13-/m0/s1. The number of thiophene rings is 1. The van der Waals surface area contributed by atoms with Crippen molar-refractivity contribution in [2.75, 3.05) is 13.2 Å². The van der Waals surface area contributed by atoms with Crippen molar-refractivity contribution in [3.8, 4) is 0 Å². The van der Waals surface area contributed by atoms with Gasteiger partial charge >= 0.3 is 0 Å². The summed E-state index contributed by atoms with van der Waals surface area (Å²) in [5.74, 6) is 0. The number of halogens is 1. The Morgan fingerprint density at radius 2 is 2.09 bits per heavy atom. The largest absolute Gasteiger partial charge is 0.377 e. The number of benzene rings is 1. The molecule has 0 spiro atoms. The molecule has 0 saturated carbocycles. The Balaban J connectivity index is 1.90. The SMILES string of the molecule is O=S(=O)(c1ccccc1Br)N(Cc1cccs1)C[C@@H]1CCCO1. The van der Waals surface area contributed by atoms with Crippen molar-refractivity contribution in [2.45, 2.75) is 30.4 Å². The third kappa shape index (κ3) is 4.03. The Morgan fingerprint density at radius 3 is 2.74 bits per heavy atom. The summed E-state index contributed by atoms with van der Waals surface area (Å²) >= 11 is 4.92. The highest BCUT2D eigenvalue weighted by atomic mass is 79.9. The van der Waals surface area contributed by atoms with Crippen LogP contribution < -0.4 is 0 Å². The molecule has 0 aliphatic carbocycles. The van der Waals surface area contributed by atoms with Crippen molar-refractivity contribution < 1.29 is 13.2 Å². The van der Waals surface area contributed by atoms with Crippen LogP contribution in [0.15, 0.2) is 51.1 Å². The van der Waals surface area contributed by atoms with Crippen LogP contribution in [0.5, 0.6) is 0 Å². The molecular formula is C16H18BrNO3S2. The van der Waals surface area contributed by atoms with Gasteiger partial charge in [0, 0.05) is 29.0 Å². The highest BCUT2D eigenvalue weighted by molar-refractivity contribution is 9.10. The topological polar surface area (TPSA) is 46.6 Å². The zero-order valence-corrected chi connectivity index (χ0v) is 15.7. The number of hydrogen-bond donors (Lipinski definition) is 0. The van der Waals surface area contributed by atoms with Gasteiger partial charge in [-0.25, -0.2) is 8.42 Å². The predicted molar refractivity (Wildman–Crippen MR) is 95.0 cm³/mol. The molecule has 1 aromatic heterocycles. The third-order valence-corrected chi connectivity index (χ3v) is 7.48. The van der Waals surface area contributed by atoms with Crippen molar-refractivity contribution in [3.63, 3.8) is 0 Å². The second-order valence-electron chi connectivity index (χ2n) is 5.44. The minimum Gasteiger partial charge on any atom is -0.377 e. The monoisotopic (exact) mass is 415 g/mol. The van der Waals surface area contributed by atoms with Crippen LogP contribution >= 0.6 is 27.3 Å². The number of hydrogen-bond acceptors (Lipinski definition) is 4. The van der Waals surface area contributed by atoms with Crippen LogP contribution in [0.2, 0.25) is 0 Å². The molecule has 0 N–H and O–H groups in total. The number of ether oxygens (including phenoxy) is 1. The molecule has 23 heavy (non-hydrogen) atoms. The summed E-state index contributed by atoms with van der Waals surface area (Å²) in [5, 5.41) is 1.96. The van der Waals surface area contributed by atoms with E-state index in [0.29, 0.717) is 29.1 Å². The smallest absolute Gasteiger partial charge is 0.244 e. The van der Waals surface area contributed by atoms with E-state index < -0.39 is 10.0 Å². The zero-order valence-electron chi connectivity index (χ0n) is 12.5. The fourth-order valence-corrected chi connectivity index (χ4v) is 5.85. The molecular weight excluding hydrogens is 398 g/mol. The normalized spacial score (nSPS) is 18.6. The van der Waals surface area contributed by atoms with Crippen molar-refractivity contribution in [1.82, 2.24) is 4.31 Å². The first-order valence-electron chi connectivity index (χ1n) is 7.46. The van der Waals surface area contributed by atoms with Gasteiger partial charge in [0.15, 0.2) is 0 Å². The van der Waals surface area contributed by atoms with E-state index >= 15 is 0 Å². The van der Waals surface area contributed by atoms with Crippen LogP contribution in [-0.4, -0.2) is 32.0 Å². The maximum atomic E-state index is 13.1. The Bertz CT molecular complexity index is 740. The van der Waals surface area contributed by atoms with Crippen LogP contribution in [0, 0.1) is 0 Å². The number of nitrogens with zero attached hydrogens (tertiary/aromatic N) is 1. The van der Waals surface area contributed by atoms with Gasteiger partial charge in [0.1, 0.15) is 0 Å². The molecule has 1 aliphatic heterocycles. The number of rotatable bonds is 6. The zero-order chi connectivity index (χ0) is 16.3. The van der Waals surface area contributed by atoms with E-state index in [1.807, 2.05) is 23.6 Å². The maximum absolute atomic E-state index is 13.1. The molecule has 0 unspecified atom stereocenters. The minimum absolute atomic E-state index is 0.0211. The second-order valence-corrected chi connectivity index (χ2v) is 9.24. The predicted octanol–water partition coefficient (Wildman–Crippen LogP) is 3.88. The Morgan fingerprint density at radius 1 is 1.26 bits per heavy atom. The lowest BCUT2D eigenvalue weighted by molar-refractivity contribution is 0.0927. The van der Waals surface area contributed by atoms with Crippen LogP contribution in [-0.2, 0) is 21.3 Å². The molecule has 7 heteroatoms. The van der Waals surface area contributed by atoms with E-state index in [0.717, 1.165) is 17.7 Å². The van der Waals surface area contributed by atoms with E-state index in [-0.39, 0.29) is 6.10 Å². The molecule has 1 aliphatic rings. The second kappa shape index (κ2) is 7.44. The van der Waals surface area contributed by atoms with Gasteiger partial charge < -0.3 is 4.74 Å². The first-order valence-corrected chi connectivity index (χ1v) is 10.6. The van der Waals surface area contributed by atoms with Crippen molar-refractivity contribution >= 4 is 37.3 Å². The van der Waals surface area contributed by atoms with Crippen LogP contribution in [0.1, 0.15) is 17.7 Å². The lowest BCUT2D eigenvalue weighted by Gasteiger charge is -2.25. The fraction of sp³-hybridized carbons (Fsp3) is 0.375. The van der Waals surface area contributed by atoms with Gasteiger partial charge in [-0.1, -0.05) is 18.2 Å². The van der Waals surface area contributed by atoms with Crippen molar-refractivity contribution in [2.24, 2.45) is 0 Å². The Hall–Kier alpha value is -0.730. The molecule has 4 nitrogen and oxygen atoms in total. The summed E-state index contributed by atoms with van der Waals surface area (Å²) in [4.78, 5) is 1.33. The first kappa shape index (κ1) is 17.1.